The van der Waals surface area contributed by atoms with Crippen molar-refractivity contribution in [3.8, 4) is 0 Å². The van der Waals surface area contributed by atoms with Gasteiger partial charge in [0.1, 0.15) is 0 Å². The Labute approximate surface area is 125 Å². The van der Waals surface area contributed by atoms with Crippen LogP contribution in [0.4, 0.5) is 0 Å². The molecular weight excluding hydrogens is 260 g/mol. The molecule has 3 atom stereocenters. The largest absolute Gasteiger partial charge is 0.411 e. The molecule has 0 bridgehead atoms. The topological polar surface area (TPSA) is 44.6 Å². The Hall–Kier alpha value is -2.13. The van der Waals surface area contributed by atoms with Crippen LogP contribution >= 0.6 is 0 Å². The third-order valence-corrected chi connectivity index (χ3v) is 4.31. The lowest BCUT2D eigenvalue weighted by molar-refractivity contribution is 0.294. The summed E-state index contributed by atoms with van der Waals surface area (Å²) in [5.41, 5.74) is 3.31. The first kappa shape index (κ1) is 13.8. The van der Waals surface area contributed by atoms with Crippen molar-refractivity contribution in [1.29, 1.82) is 0 Å². The molecule has 1 heterocycles. The summed E-state index contributed by atoms with van der Waals surface area (Å²) >= 11 is 0. The SMILES string of the molecule is C[C@@H]1/C(=N/O)C[C@@H](c2ccccc2)N[C@H]1c1ccccc1. The van der Waals surface area contributed by atoms with Crippen molar-refractivity contribution in [2.45, 2.75) is 25.4 Å². The van der Waals surface area contributed by atoms with Gasteiger partial charge in [0, 0.05) is 24.4 Å². The minimum absolute atomic E-state index is 0.163. The van der Waals surface area contributed by atoms with Crippen molar-refractivity contribution in [1.82, 2.24) is 5.32 Å². The van der Waals surface area contributed by atoms with E-state index in [1.165, 1.54) is 11.1 Å². The van der Waals surface area contributed by atoms with E-state index in [2.05, 4.69) is 41.7 Å². The van der Waals surface area contributed by atoms with E-state index in [-0.39, 0.29) is 18.0 Å². The molecule has 1 fully saturated rings. The lowest BCUT2D eigenvalue weighted by Gasteiger charge is -2.37. The van der Waals surface area contributed by atoms with Crippen LogP contribution in [0.3, 0.4) is 0 Å². The minimum atomic E-state index is 0.163. The average molecular weight is 280 g/mol. The molecule has 2 aromatic rings. The van der Waals surface area contributed by atoms with Crippen molar-refractivity contribution < 1.29 is 5.21 Å². The Morgan fingerprint density at radius 1 is 0.952 bits per heavy atom. The Morgan fingerprint density at radius 2 is 1.52 bits per heavy atom. The van der Waals surface area contributed by atoms with Crippen LogP contribution in [0.1, 0.15) is 36.6 Å². The molecule has 0 aromatic heterocycles. The third kappa shape index (κ3) is 2.83. The van der Waals surface area contributed by atoms with Crippen molar-refractivity contribution in [3.63, 3.8) is 0 Å². The number of hydrogen-bond donors (Lipinski definition) is 2. The van der Waals surface area contributed by atoms with E-state index in [9.17, 15) is 5.21 Å². The van der Waals surface area contributed by atoms with Gasteiger partial charge in [0.2, 0.25) is 0 Å². The van der Waals surface area contributed by atoms with Crippen molar-refractivity contribution in [2.24, 2.45) is 11.1 Å². The molecule has 0 unspecified atom stereocenters. The van der Waals surface area contributed by atoms with Crippen LogP contribution < -0.4 is 5.32 Å². The maximum Gasteiger partial charge on any atom is 0.0636 e. The van der Waals surface area contributed by atoms with E-state index in [4.69, 9.17) is 0 Å². The summed E-state index contributed by atoms with van der Waals surface area (Å²) < 4.78 is 0. The van der Waals surface area contributed by atoms with Gasteiger partial charge in [-0.3, -0.25) is 0 Å². The lowest BCUT2D eigenvalue weighted by Crippen LogP contribution is -2.41. The fraction of sp³-hybridized carbons (Fsp3) is 0.278. The smallest absolute Gasteiger partial charge is 0.0636 e. The van der Waals surface area contributed by atoms with Crippen LogP contribution in [0.15, 0.2) is 65.8 Å². The van der Waals surface area contributed by atoms with Gasteiger partial charge in [-0.1, -0.05) is 72.7 Å². The molecule has 3 heteroatoms. The highest BCUT2D eigenvalue weighted by molar-refractivity contribution is 5.88. The van der Waals surface area contributed by atoms with E-state index in [1.807, 2.05) is 36.4 Å². The molecule has 0 aliphatic carbocycles. The monoisotopic (exact) mass is 280 g/mol. The normalized spacial score (nSPS) is 27.7. The molecule has 2 aromatic carbocycles. The molecule has 21 heavy (non-hydrogen) atoms. The molecule has 3 rings (SSSR count). The molecule has 0 radical (unpaired) electrons. The van der Waals surface area contributed by atoms with Crippen molar-refractivity contribution in [3.05, 3.63) is 71.8 Å². The Balaban J connectivity index is 1.93. The van der Waals surface area contributed by atoms with Gasteiger partial charge in [-0.2, -0.15) is 0 Å². The van der Waals surface area contributed by atoms with Crippen molar-refractivity contribution >= 4 is 5.71 Å². The number of benzene rings is 2. The standard InChI is InChI=1S/C18H20N2O/c1-13-16(20-21)12-17(14-8-4-2-5-9-14)19-18(13)15-10-6-3-7-11-15/h2-11,13,17-19,21H,12H2,1H3/b20-16+/t13-,17+,18-/m1/s1. The number of piperidine rings is 1. The Morgan fingerprint density at radius 3 is 2.10 bits per heavy atom. The highest BCUT2D eigenvalue weighted by Crippen LogP contribution is 2.35. The molecule has 1 aliphatic rings. The molecule has 0 saturated carbocycles. The quantitative estimate of drug-likeness (QED) is 0.646. The zero-order valence-electron chi connectivity index (χ0n) is 12.1. The van der Waals surface area contributed by atoms with Crippen LogP contribution in [-0.4, -0.2) is 10.9 Å². The van der Waals surface area contributed by atoms with Crippen molar-refractivity contribution in [2.75, 3.05) is 0 Å². The molecular formula is C18H20N2O. The summed E-state index contributed by atoms with van der Waals surface area (Å²) in [5, 5.41) is 16.6. The Kier molecular flexibility index (Phi) is 4.02. The Bertz CT molecular complexity index is 610. The summed E-state index contributed by atoms with van der Waals surface area (Å²) in [7, 11) is 0. The van der Waals surface area contributed by atoms with Crippen LogP contribution in [0.25, 0.3) is 0 Å². The maximum atomic E-state index is 9.35. The second-order valence-electron chi connectivity index (χ2n) is 5.60. The molecule has 108 valence electrons. The highest BCUT2D eigenvalue weighted by Gasteiger charge is 2.33. The zero-order chi connectivity index (χ0) is 14.7. The second kappa shape index (κ2) is 6.10. The van der Waals surface area contributed by atoms with Gasteiger partial charge < -0.3 is 10.5 Å². The minimum Gasteiger partial charge on any atom is -0.411 e. The van der Waals surface area contributed by atoms with Gasteiger partial charge in [-0.05, 0) is 11.1 Å². The average Bonchev–Trinajstić information content (AvgIpc) is 2.56. The first-order valence-electron chi connectivity index (χ1n) is 7.36. The fourth-order valence-corrected chi connectivity index (χ4v) is 3.08. The molecule has 3 nitrogen and oxygen atoms in total. The first-order chi connectivity index (χ1) is 10.3. The molecule has 2 N–H and O–H groups in total. The van der Waals surface area contributed by atoms with Gasteiger partial charge in [0.25, 0.3) is 0 Å². The summed E-state index contributed by atoms with van der Waals surface area (Å²) in [5.74, 6) is 0.178. The third-order valence-electron chi connectivity index (χ3n) is 4.31. The highest BCUT2D eigenvalue weighted by atomic mass is 16.4. The molecule has 1 saturated heterocycles. The number of oxime groups is 1. The molecule has 0 spiro atoms. The van der Waals surface area contributed by atoms with Gasteiger partial charge in [0.05, 0.1) is 5.71 Å². The number of nitrogens with one attached hydrogen (secondary N) is 1. The number of nitrogens with zero attached hydrogens (tertiary/aromatic N) is 1. The lowest BCUT2D eigenvalue weighted by atomic mass is 9.81. The van der Waals surface area contributed by atoms with Gasteiger partial charge >= 0.3 is 0 Å². The van der Waals surface area contributed by atoms with Gasteiger partial charge in [-0.25, -0.2) is 0 Å². The van der Waals surface area contributed by atoms with E-state index in [0.717, 1.165) is 12.1 Å². The fourth-order valence-electron chi connectivity index (χ4n) is 3.08. The second-order valence-corrected chi connectivity index (χ2v) is 5.60. The predicted molar refractivity (Wildman–Crippen MR) is 84.5 cm³/mol. The summed E-state index contributed by atoms with van der Waals surface area (Å²) in [4.78, 5) is 0. The first-order valence-corrected chi connectivity index (χ1v) is 7.36. The summed E-state index contributed by atoms with van der Waals surface area (Å²) in [6.45, 7) is 2.11. The maximum absolute atomic E-state index is 9.35. The van der Waals surface area contributed by atoms with Crippen LogP contribution in [-0.2, 0) is 0 Å². The predicted octanol–water partition coefficient (Wildman–Crippen LogP) is 3.93. The summed E-state index contributed by atoms with van der Waals surface area (Å²) in [6.07, 6.45) is 0.741. The number of hydrogen-bond acceptors (Lipinski definition) is 3. The molecule has 0 amide bonds. The van der Waals surface area contributed by atoms with E-state index in [1.54, 1.807) is 0 Å². The van der Waals surface area contributed by atoms with Crippen LogP contribution in [0.2, 0.25) is 0 Å². The van der Waals surface area contributed by atoms with E-state index in [0.29, 0.717) is 0 Å². The number of rotatable bonds is 2. The summed E-state index contributed by atoms with van der Waals surface area (Å²) in [6, 6.07) is 21.0. The van der Waals surface area contributed by atoms with Crippen LogP contribution in [0, 0.1) is 5.92 Å². The van der Waals surface area contributed by atoms with E-state index >= 15 is 0 Å². The molecule has 1 aliphatic heterocycles. The van der Waals surface area contributed by atoms with E-state index < -0.39 is 0 Å². The zero-order valence-corrected chi connectivity index (χ0v) is 12.1. The van der Waals surface area contributed by atoms with Gasteiger partial charge in [-0.15, -0.1) is 0 Å². The van der Waals surface area contributed by atoms with Crippen LogP contribution in [0.5, 0.6) is 0 Å². The van der Waals surface area contributed by atoms with Gasteiger partial charge in [0.15, 0.2) is 0 Å².